The van der Waals surface area contributed by atoms with E-state index in [-0.39, 0.29) is 17.4 Å². The van der Waals surface area contributed by atoms with E-state index in [1.54, 1.807) is 43.4 Å². The molecule has 1 N–H and O–H groups in total. The Kier molecular flexibility index (Phi) is 4.24. The molecule has 3 rings (SSSR count). The molecule has 1 aliphatic heterocycles. The number of methoxy groups -OCH3 is 1. The number of anilines is 1. The number of nitrogens with one attached hydrogen (secondary N) is 1. The Morgan fingerprint density at radius 3 is 2.62 bits per heavy atom. The van der Waals surface area contributed by atoms with E-state index in [0.29, 0.717) is 16.8 Å². The molecule has 0 fully saturated rings. The Bertz CT molecular complexity index is 767. The average molecular weight is 334 g/mol. The standard InChI is InChI=1S/C17H16F2N2O3/c1-21-15(20-12-8-4-3-6-10(12)16(21)22)11-7-5-9-13(23-2)14(11)24-17(18)19/h3-9,15,17,20H,1-2H3. The van der Waals surface area contributed by atoms with Gasteiger partial charge in [0.15, 0.2) is 11.5 Å². The predicted molar refractivity (Wildman–Crippen MR) is 84.5 cm³/mol. The Hall–Kier alpha value is -2.83. The number of hydrogen-bond donors (Lipinski definition) is 1. The fraction of sp³-hybridized carbons (Fsp3) is 0.235. The van der Waals surface area contributed by atoms with Gasteiger partial charge in [-0.15, -0.1) is 0 Å². The summed E-state index contributed by atoms with van der Waals surface area (Å²) in [4.78, 5) is 14.0. The first-order chi connectivity index (χ1) is 11.5. The average Bonchev–Trinajstić information content (AvgIpc) is 2.58. The minimum absolute atomic E-state index is 0.0912. The fourth-order valence-electron chi connectivity index (χ4n) is 2.76. The Morgan fingerprint density at radius 1 is 1.17 bits per heavy atom. The highest BCUT2D eigenvalue weighted by Crippen LogP contribution is 2.40. The van der Waals surface area contributed by atoms with Gasteiger partial charge in [-0.2, -0.15) is 8.78 Å². The molecule has 1 aliphatic rings. The molecule has 2 aromatic carbocycles. The van der Waals surface area contributed by atoms with Crippen molar-refractivity contribution in [2.24, 2.45) is 0 Å². The van der Waals surface area contributed by atoms with Gasteiger partial charge in [0.05, 0.1) is 12.7 Å². The maximum atomic E-state index is 12.8. The van der Waals surface area contributed by atoms with E-state index in [2.05, 4.69) is 10.1 Å². The number of nitrogens with zero attached hydrogens (tertiary/aromatic N) is 1. The number of halogens is 2. The van der Waals surface area contributed by atoms with Gasteiger partial charge in [-0.1, -0.05) is 24.3 Å². The number of amides is 1. The lowest BCUT2D eigenvalue weighted by atomic mass is 10.0. The quantitative estimate of drug-likeness (QED) is 0.930. The predicted octanol–water partition coefficient (Wildman–Crippen LogP) is 3.49. The zero-order valence-electron chi connectivity index (χ0n) is 13.1. The third-order valence-electron chi connectivity index (χ3n) is 3.89. The molecule has 126 valence electrons. The summed E-state index contributed by atoms with van der Waals surface area (Å²) in [5.41, 5.74) is 1.55. The normalized spacial score (nSPS) is 16.6. The molecular weight excluding hydrogens is 318 g/mol. The first-order valence-electron chi connectivity index (χ1n) is 7.27. The Morgan fingerprint density at radius 2 is 1.92 bits per heavy atom. The maximum Gasteiger partial charge on any atom is 0.387 e. The summed E-state index contributed by atoms with van der Waals surface area (Å²) < 4.78 is 35.4. The number of fused-ring (bicyclic) bond motifs is 1. The highest BCUT2D eigenvalue weighted by atomic mass is 19.3. The third-order valence-corrected chi connectivity index (χ3v) is 3.89. The van der Waals surface area contributed by atoms with Crippen LogP contribution in [0.1, 0.15) is 22.1 Å². The van der Waals surface area contributed by atoms with Gasteiger partial charge in [-0.3, -0.25) is 4.79 Å². The molecular formula is C17H16F2N2O3. The minimum atomic E-state index is -3.00. The summed E-state index contributed by atoms with van der Waals surface area (Å²) in [5.74, 6) is -0.124. The molecule has 0 radical (unpaired) electrons. The van der Waals surface area contributed by atoms with Gasteiger partial charge in [-0.05, 0) is 18.2 Å². The van der Waals surface area contributed by atoms with Crippen molar-refractivity contribution in [1.29, 1.82) is 0 Å². The Balaban J connectivity index is 2.08. The van der Waals surface area contributed by atoms with Gasteiger partial charge in [0.1, 0.15) is 6.17 Å². The van der Waals surface area contributed by atoms with Gasteiger partial charge >= 0.3 is 6.61 Å². The summed E-state index contributed by atoms with van der Waals surface area (Å²) in [7, 11) is 2.97. The number of rotatable bonds is 4. The SMILES string of the molecule is COc1cccc(C2Nc3ccccc3C(=O)N2C)c1OC(F)F. The summed E-state index contributed by atoms with van der Waals surface area (Å²) in [5, 5.41) is 3.18. The molecule has 0 bridgehead atoms. The van der Waals surface area contributed by atoms with Gasteiger partial charge in [-0.25, -0.2) is 0 Å². The van der Waals surface area contributed by atoms with Gasteiger partial charge in [0.25, 0.3) is 5.91 Å². The highest BCUT2D eigenvalue weighted by Gasteiger charge is 2.33. The number of alkyl halides is 2. The first-order valence-corrected chi connectivity index (χ1v) is 7.27. The number of ether oxygens (including phenoxy) is 2. The second kappa shape index (κ2) is 6.35. The van der Waals surface area contributed by atoms with Crippen LogP contribution in [0.5, 0.6) is 11.5 Å². The molecule has 0 spiro atoms. The van der Waals surface area contributed by atoms with Crippen molar-refractivity contribution >= 4 is 11.6 Å². The molecule has 1 amide bonds. The number of para-hydroxylation sites is 2. The van der Waals surface area contributed by atoms with E-state index < -0.39 is 12.8 Å². The number of hydrogen-bond acceptors (Lipinski definition) is 4. The lowest BCUT2D eigenvalue weighted by molar-refractivity contribution is -0.0522. The number of benzene rings is 2. The van der Waals surface area contributed by atoms with Crippen molar-refractivity contribution in [3.05, 3.63) is 53.6 Å². The van der Waals surface area contributed by atoms with Crippen LogP contribution in [0.3, 0.4) is 0 Å². The lowest BCUT2D eigenvalue weighted by Gasteiger charge is -2.36. The van der Waals surface area contributed by atoms with Crippen LogP contribution in [0.15, 0.2) is 42.5 Å². The van der Waals surface area contributed by atoms with Crippen molar-refractivity contribution < 1.29 is 23.0 Å². The fourth-order valence-corrected chi connectivity index (χ4v) is 2.76. The maximum absolute atomic E-state index is 12.8. The second-order valence-corrected chi connectivity index (χ2v) is 5.27. The topological polar surface area (TPSA) is 50.8 Å². The lowest BCUT2D eigenvalue weighted by Crippen LogP contribution is -2.40. The summed E-state index contributed by atoms with van der Waals surface area (Å²) in [6.45, 7) is -3.00. The smallest absolute Gasteiger partial charge is 0.387 e. The largest absolute Gasteiger partial charge is 0.493 e. The minimum Gasteiger partial charge on any atom is -0.493 e. The summed E-state index contributed by atoms with van der Waals surface area (Å²) in [6, 6.07) is 11.8. The monoisotopic (exact) mass is 334 g/mol. The van der Waals surface area contributed by atoms with Crippen LogP contribution in [0, 0.1) is 0 Å². The molecule has 24 heavy (non-hydrogen) atoms. The molecule has 5 nitrogen and oxygen atoms in total. The molecule has 0 saturated carbocycles. The van der Waals surface area contributed by atoms with E-state index >= 15 is 0 Å². The summed E-state index contributed by atoms with van der Waals surface area (Å²) in [6.07, 6.45) is -0.656. The second-order valence-electron chi connectivity index (χ2n) is 5.27. The third kappa shape index (κ3) is 2.73. The van der Waals surface area contributed by atoms with Crippen LogP contribution in [0.25, 0.3) is 0 Å². The van der Waals surface area contributed by atoms with Crippen LogP contribution in [0.2, 0.25) is 0 Å². The molecule has 7 heteroatoms. The zero-order chi connectivity index (χ0) is 17.3. The van der Waals surface area contributed by atoms with Crippen molar-refractivity contribution in [3.8, 4) is 11.5 Å². The molecule has 0 aromatic heterocycles. The Labute approximate surface area is 137 Å². The van der Waals surface area contributed by atoms with Crippen LogP contribution in [-0.4, -0.2) is 31.6 Å². The van der Waals surface area contributed by atoms with Gasteiger partial charge in [0, 0.05) is 18.3 Å². The number of carbonyl (C=O) groups excluding carboxylic acids is 1. The van der Waals surface area contributed by atoms with Crippen LogP contribution >= 0.6 is 0 Å². The van der Waals surface area contributed by atoms with Crippen molar-refractivity contribution in [1.82, 2.24) is 4.90 Å². The van der Waals surface area contributed by atoms with Crippen molar-refractivity contribution in [2.75, 3.05) is 19.5 Å². The van der Waals surface area contributed by atoms with Gasteiger partial charge < -0.3 is 19.7 Å². The van der Waals surface area contributed by atoms with E-state index in [4.69, 9.17) is 4.74 Å². The van der Waals surface area contributed by atoms with Crippen LogP contribution < -0.4 is 14.8 Å². The molecule has 0 aliphatic carbocycles. The van der Waals surface area contributed by atoms with Crippen molar-refractivity contribution in [2.45, 2.75) is 12.8 Å². The number of carbonyl (C=O) groups is 1. The van der Waals surface area contributed by atoms with Crippen molar-refractivity contribution in [3.63, 3.8) is 0 Å². The van der Waals surface area contributed by atoms with Gasteiger partial charge in [0.2, 0.25) is 0 Å². The zero-order valence-corrected chi connectivity index (χ0v) is 13.1. The first kappa shape index (κ1) is 16.0. The van der Waals surface area contributed by atoms with E-state index in [1.165, 1.54) is 18.1 Å². The molecule has 1 unspecified atom stereocenters. The van der Waals surface area contributed by atoms with E-state index in [0.717, 1.165) is 0 Å². The van der Waals surface area contributed by atoms with E-state index in [1.807, 2.05) is 0 Å². The molecule has 1 atom stereocenters. The summed E-state index contributed by atoms with van der Waals surface area (Å²) >= 11 is 0. The van der Waals surface area contributed by atoms with Crippen LogP contribution in [-0.2, 0) is 0 Å². The van der Waals surface area contributed by atoms with E-state index in [9.17, 15) is 13.6 Å². The molecule has 0 saturated heterocycles. The highest BCUT2D eigenvalue weighted by molar-refractivity contribution is 6.01. The molecule has 2 aromatic rings. The van der Waals surface area contributed by atoms with Crippen LogP contribution in [0.4, 0.5) is 14.5 Å². The molecule has 1 heterocycles.